The average Bonchev–Trinajstić information content (AvgIpc) is 2.29. The summed E-state index contributed by atoms with van der Waals surface area (Å²) in [6.45, 7) is 6.56. The molecule has 0 bridgehead atoms. The minimum Gasteiger partial charge on any atom is -0.393 e. The lowest BCUT2D eigenvalue weighted by Crippen LogP contribution is -2.21. The van der Waals surface area contributed by atoms with Gasteiger partial charge in [0.15, 0.2) is 0 Å². The number of aliphatic hydroxyl groups excluding tert-OH is 1. The van der Waals surface area contributed by atoms with Crippen LogP contribution in [0.5, 0.6) is 0 Å². The van der Waals surface area contributed by atoms with Crippen molar-refractivity contribution < 1.29 is 5.11 Å². The van der Waals surface area contributed by atoms with E-state index in [1.165, 1.54) is 58.0 Å². The van der Waals surface area contributed by atoms with Crippen molar-refractivity contribution in [3.05, 3.63) is 0 Å². The number of hydrogen-bond acceptors (Lipinski definition) is 2. The highest BCUT2D eigenvalue weighted by Crippen LogP contribution is 2.06. The van der Waals surface area contributed by atoms with Gasteiger partial charge in [-0.15, -0.1) is 0 Å². The quantitative estimate of drug-likeness (QED) is 0.527. The third-order valence-corrected chi connectivity index (χ3v) is 3.31. The Balaban J connectivity index is 3.14. The molecule has 0 aliphatic rings. The molecule has 0 heterocycles. The molecular formula is C15H33NO. The fraction of sp³-hybridized carbons (Fsp3) is 1.00. The number of rotatable bonds is 12. The molecule has 0 aliphatic heterocycles. The van der Waals surface area contributed by atoms with Crippen LogP contribution in [0.1, 0.15) is 71.6 Å². The maximum absolute atomic E-state index is 9.15. The van der Waals surface area contributed by atoms with Crippen LogP contribution < -0.4 is 0 Å². The van der Waals surface area contributed by atoms with Gasteiger partial charge in [-0.2, -0.15) is 0 Å². The molecule has 1 atom stereocenters. The van der Waals surface area contributed by atoms with Crippen molar-refractivity contribution in [2.45, 2.75) is 77.7 Å². The molecule has 0 saturated carbocycles. The molecule has 0 spiro atoms. The van der Waals surface area contributed by atoms with Crippen LogP contribution in [0.25, 0.3) is 0 Å². The minimum atomic E-state index is -0.126. The van der Waals surface area contributed by atoms with Gasteiger partial charge < -0.3 is 10.0 Å². The summed E-state index contributed by atoms with van der Waals surface area (Å²) in [5.74, 6) is 0. The Kier molecular flexibility index (Phi) is 12.3. The first kappa shape index (κ1) is 16.9. The fourth-order valence-corrected chi connectivity index (χ4v) is 2.10. The molecule has 17 heavy (non-hydrogen) atoms. The Labute approximate surface area is 108 Å². The molecule has 2 heteroatoms. The molecule has 0 aromatic carbocycles. The molecule has 0 saturated heterocycles. The second-order valence-corrected chi connectivity index (χ2v) is 5.42. The van der Waals surface area contributed by atoms with E-state index in [9.17, 15) is 0 Å². The summed E-state index contributed by atoms with van der Waals surface area (Å²) in [5.41, 5.74) is 0. The molecule has 0 fully saturated rings. The second-order valence-electron chi connectivity index (χ2n) is 5.42. The van der Waals surface area contributed by atoms with E-state index < -0.39 is 0 Å². The lowest BCUT2D eigenvalue weighted by Gasteiger charge is -2.16. The van der Waals surface area contributed by atoms with Gasteiger partial charge in [-0.3, -0.25) is 0 Å². The predicted molar refractivity (Wildman–Crippen MR) is 76.4 cm³/mol. The van der Waals surface area contributed by atoms with E-state index in [4.69, 9.17) is 5.11 Å². The molecule has 0 radical (unpaired) electrons. The van der Waals surface area contributed by atoms with Crippen LogP contribution in [0.15, 0.2) is 0 Å². The molecule has 0 rings (SSSR count). The van der Waals surface area contributed by atoms with Gasteiger partial charge in [0.25, 0.3) is 0 Å². The average molecular weight is 243 g/mol. The Morgan fingerprint density at radius 3 is 2.00 bits per heavy atom. The molecule has 0 aromatic heterocycles. The van der Waals surface area contributed by atoms with Crippen molar-refractivity contribution in [3.63, 3.8) is 0 Å². The van der Waals surface area contributed by atoms with E-state index in [1.54, 1.807) is 0 Å². The van der Waals surface area contributed by atoms with Gasteiger partial charge in [0.1, 0.15) is 0 Å². The monoisotopic (exact) mass is 243 g/mol. The maximum Gasteiger partial charge on any atom is 0.0512 e. The molecule has 1 unspecified atom stereocenters. The summed E-state index contributed by atoms with van der Waals surface area (Å²) in [6.07, 6.45) is 11.5. The van der Waals surface area contributed by atoms with Crippen molar-refractivity contribution in [2.24, 2.45) is 0 Å². The van der Waals surface area contributed by atoms with Crippen LogP contribution in [0.4, 0.5) is 0 Å². The van der Waals surface area contributed by atoms with Crippen LogP contribution in [0.2, 0.25) is 0 Å². The SMILES string of the molecule is CCCCCCCCN(C)CCCCC(C)O. The zero-order valence-corrected chi connectivity index (χ0v) is 12.2. The van der Waals surface area contributed by atoms with Crippen molar-refractivity contribution in [3.8, 4) is 0 Å². The molecule has 0 aliphatic carbocycles. The first-order chi connectivity index (χ1) is 8.16. The third kappa shape index (κ3) is 13.9. The summed E-state index contributed by atoms with van der Waals surface area (Å²) >= 11 is 0. The molecule has 0 amide bonds. The summed E-state index contributed by atoms with van der Waals surface area (Å²) in [6, 6.07) is 0. The van der Waals surface area contributed by atoms with E-state index in [0.717, 1.165) is 12.8 Å². The van der Waals surface area contributed by atoms with Gasteiger partial charge in [0.05, 0.1) is 6.10 Å². The van der Waals surface area contributed by atoms with Crippen molar-refractivity contribution in [1.82, 2.24) is 4.90 Å². The number of aliphatic hydroxyl groups is 1. The Morgan fingerprint density at radius 1 is 0.882 bits per heavy atom. The molecule has 104 valence electrons. The minimum absolute atomic E-state index is 0.126. The van der Waals surface area contributed by atoms with Crippen LogP contribution in [-0.2, 0) is 0 Å². The van der Waals surface area contributed by atoms with Gasteiger partial charge >= 0.3 is 0 Å². The van der Waals surface area contributed by atoms with Gasteiger partial charge in [-0.05, 0) is 52.7 Å². The van der Waals surface area contributed by atoms with E-state index >= 15 is 0 Å². The largest absolute Gasteiger partial charge is 0.393 e. The molecular weight excluding hydrogens is 210 g/mol. The fourth-order valence-electron chi connectivity index (χ4n) is 2.10. The van der Waals surface area contributed by atoms with Gasteiger partial charge in [-0.25, -0.2) is 0 Å². The van der Waals surface area contributed by atoms with E-state index in [-0.39, 0.29) is 6.10 Å². The summed E-state index contributed by atoms with van der Waals surface area (Å²) < 4.78 is 0. The van der Waals surface area contributed by atoms with E-state index in [0.29, 0.717) is 0 Å². The first-order valence-electron chi connectivity index (χ1n) is 7.53. The van der Waals surface area contributed by atoms with E-state index in [2.05, 4.69) is 18.9 Å². The third-order valence-electron chi connectivity index (χ3n) is 3.31. The smallest absolute Gasteiger partial charge is 0.0512 e. The van der Waals surface area contributed by atoms with E-state index in [1.807, 2.05) is 6.92 Å². The number of nitrogens with zero attached hydrogens (tertiary/aromatic N) is 1. The summed E-state index contributed by atoms with van der Waals surface area (Å²) in [7, 11) is 2.22. The highest BCUT2D eigenvalue weighted by Gasteiger charge is 2.00. The molecule has 1 N–H and O–H groups in total. The lowest BCUT2D eigenvalue weighted by atomic mass is 10.1. The van der Waals surface area contributed by atoms with Gasteiger partial charge in [0.2, 0.25) is 0 Å². The predicted octanol–water partition coefficient (Wildman–Crippen LogP) is 3.83. The maximum atomic E-state index is 9.15. The molecule has 2 nitrogen and oxygen atoms in total. The lowest BCUT2D eigenvalue weighted by molar-refractivity contribution is 0.178. The standard InChI is InChI=1S/C15H33NO/c1-4-5-6-7-8-10-13-16(3)14-11-9-12-15(2)17/h15,17H,4-14H2,1-3H3. The van der Waals surface area contributed by atoms with Crippen molar-refractivity contribution in [2.75, 3.05) is 20.1 Å². The van der Waals surface area contributed by atoms with Crippen molar-refractivity contribution in [1.29, 1.82) is 0 Å². The van der Waals surface area contributed by atoms with Crippen molar-refractivity contribution >= 4 is 0 Å². The topological polar surface area (TPSA) is 23.5 Å². The van der Waals surface area contributed by atoms with Crippen LogP contribution in [0, 0.1) is 0 Å². The van der Waals surface area contributed by atoms with Gasteiger partial charge in [0, 0.05) is 0 Å². The normalized spacial score (nSPS) is 13.2. The summed E-state index contributed by atoms with van der Waals surface area (Å²) in [5, 5.41) is 9.15. The first-order valence-corrected chi connectivity index (χ1v) is 7.53. The van der Waals surface area contributed by atoms with Crippen LogP contribution in [0.3, 0.4) is 0 Å². The number of hydrogen-bond donors (Lipinski definition) is 1. The molecule has 0 aromatic rings. The highest BCUT2D eigenvalue weighted by molar-refractivity contribution is 4.55. The Bertz CT molecular complexity index is 148. The summed E-state index contributed by atoms with van der Waals surface area (Å²) in [4.78, 5) is 2.43. The second kappa shape index (κ2) is 12.4. The Morgan fingerprint density at radius 2 is 1.41 bits per heavy atom. The van der Waals surface area contributed by atoms with Gasteiger partial charge in [-0.1, -0.05) is 39.0 Å². The Hall–Kier alpha value is -0.0800. The zero-order chi connectivity index (χ0) is 12.9. The van der Waals surface area contributed by atoms with Crippen LogP contribution >= 0.6 is 0 Å². The highest BCUT2D eigenvalue weighted by atomic mass is 16.3. The number of unbranched alkanes of at least 4 members (excludes halogenated alkanes) is 6. The zero-order valence-electron chi connectivity index (χ0n) is 12.2. The van der Waals surface area contributed by atoms with Crippen LogP contribution in [-0.4, -0.2) is 36.2 Å².